The molecule has 0 bridgehead atoms. The molecule has 112 valence electrons. The molecule has 1 saturated heterocycles. The fraction of sp³-hybridized carbons (Fsp3) is 0.538. The van der Waals surface area contributed by atoms with E-state index in [1.54, 1.807) is 24.3 Å². The molecular formula is C13H19NO4S2. The molecular weight excluding hydrogens is 298 g/mol. The molecule has 1 aromatic carbocycles. The molecule has 1 aliphatic heterocycles. The summed E-state index contributed by atoms with van der Waals surface area (Å²) in [5.74, 6) is 1.14. The molecule has 0 saturated carbocycles. The first-order valence-corrected chi connectivity index (χ1v) is 9.04. The number of benzene rings is 1. The van der Waals surface area contributed by atoms with Crippen molar-refractivity contribution in [1.29, 1.82) is 0 Å². The second kappa shape index (κ2) is 6.91. The lowest BCUT2D eigenvalue weighted by molar-refractivity contribution is 0.0407. The maximum Gasteiger partial charge on any atom is 0.240 e. The van der Waals surface area contributed by atoms with Gasteiger partial charge in [0.15, 0.2) is 0 Å². The first-order chi connectivity index (χ1) is 9.47. The number of aryl methyl sites for hydroxylation is 1. The Bertz CT molecular complexity index is 520. The molecule has 2 atom stereocenters. The lowest BCUT2D eigenvalue weighted by Crippen LogP contribution is -2.42. The van der Waals surface area contributed by atoms with Crippen molar-refractivity contribution in [3.8, 4) is 0 Å². The van der Waals surface area contributed by atoms with E-state index < -0.39 is 16.1 Å². The Kier molecular flexibility index (Phi) is 5.45. The number of ether oxygens (including phenoxy) is 1. The van der Waals surface area contributed by atoms with Crippen molar-refractivity contribution in [1.82, 2.24) is 4.72 Å². The summed E-state index contributed by atoms with van der Waals surface area (Å²) in [4.78, 5) is 0.259. The largest absolute Gasteiger partial charge is 0.390 e. The van der Waals surface area contributed by atoms with Crippen LogP contribution in [-0.4, -0.2) is 50.4 Å². The third-order valence-corrected chi connectivity index (χ3v) is 5.71. The van der Waals surface area contributed by atoms with Crippen LogP contribution in [0.1, 0.15) is 5.56 Å². The van der Waals surface area contributed by atoms with Crippen molar-refractivity contribution in [3.63, 3.8) is 0 Å². The average molecular weight is 317 g/mol. The maximum absolute atomic E-state index is 12.2. The van der Waals surface area contributed by atoms with Crippen molar-refractivity contribution >= 4 is 21.8 Å². The van der Waals surface area contributed by atoms with Crippen LogP contribution in [0.15, 0.2) is 29.2 Å². The molecule has 2 rings (SSSR count). The summed E-state index contributed by atoms with van der Waals surface area (Å²) in [6.07, 6.45) is -0.477. The quantitative estimate of drug-likeness (QED) is 0.861. The van der Waals surface area contributed by atoms with Gasteiger partial charge in [-0.05, 0) is 19.1 Å². The fourth-order valence-corrected chi connectivity index (χ4v) is 4.16. The molecule has 0 aliphatic carbocycles. The summed E-state index contributed by atoms with van der Waals surface area (Å²) >= 11 is 1.53. The zero-order valence-electron chi connectivity index (χ0n) is 11.3. The van der Waals surface area contributed by atoms with Crippen LogP contribution in [0, 0.1) is 6.92 Å². The summed E-state index contributed by atoms with van der Waals surface area (Å²) in [6.45, 7) is 2.43. The van der Waals surface area contributed by atoms with Gasteiger partial charge in [-0.25, -0.2) is 13.1 Å². The van der Waals surface area contributed by atoms with Gasteiger partial charge in [-0.3, -0.25) is 0 Å². The van der Waals surface area contributed by atoms with Gasteiger partial charge >= 0.3 is 0 Å². The minimum absolute atomic E-state index is 0.246. The van der Waals surface area contributed by atoms with Gasteiger partial charge in [0.2, 0.25) is 10.0 Å². The van der Waals surface area contributed by atoms with Crippen LogP contribution in [0.25, 0.3) is 0 Å². The second-order valence-corrected chi connectivity index (χ2v) is 7.65. The van der Waals surface area contributed by atoms with Crippen LogP contribution < -0.4 is 4.72 Å². The Morgan fingerprint density at radius 3 is 2.65 bits per heavy atom. The summed E-state index contributed by atoms with van der Waals surface area (Å²) in [5.41, 5.74) is 1.02. The Morgan fingerprint density at radius 2 is 1.95 bits per heavy atom. The van der Waals surface area contributed by atoms with E-state index in [0.717, 1.165) is 5.56 Å². The van der Waals surface area contributed by atoms with Gasteiger partial charge in [-0.15, -0.1) is 0 Å². The normalized spacial score (nSPS) is 24.9. The highest BCUT2D eigenvalue weighted by Gasteiger charge is 2.22. The first-order valence-electron chi connectivity index (χ1n) is 6.40. The van der Waals surface area contributed by atoms with E-state index in [1.807, 2.05) is 6.92 Å². The molecule has 2 N–H and O–H groups in total. The van der Waals surface area contributed by atoms with E-state index in [1.165, 1.54) is 11.8 Å². The number of rotatable bonds is 3. The van der Waals surface area contributed by atoms with E-state index in [0.29, 0.717) is 11.5 Å². The van der Waals surface area contributed by atoms with Crippen molar-refractivity contribution in [2.75, 3.05) is 24.7 Å². The summed E-state index contributed by atoms with van der Waals surface area (Å²) < 4.78 is 32.5. The molecule has 1 aliphatic rings. The van der Waals surface area contributed by atoms with Crippen molar-refractivity contribution in [2.45, 2.75) is 24.0 Å². The molecule has 0 spiro atoms. The standard InChI is InChI=1S/C13H19NO4S2/c1-10-2-4-13(5-3-10)20(16,17)14-11-6-18-7-12(15)9-19-8-11/h2-5,11-12,14-15H,6-9H2,1H3. The molecule has 5 nitrogen and oxygen atoms in total. The van der Waals surface area contributed by atoms with Gasteiger partial charge in [-0.1, -0.05) is 17.7 Å². The topological polar surface area (TPSA) is 75.6 Å². The smallest absolute Gasteiger partial charge is 0.240 e. The van der Waals surface area contributed by atoms with E-state index in [-0.39, 0.29) is 24.2 Å². The summed E-state index contributed by atoms with van der Waals surface area (Å²) in [7, 11) is -3.52. The number of hydrogen-bond acceptors (Lipinski definition) is 5. The Morgan fingerprint density at radius 1 is 1.25 bits per heavy atom. The van der Waals surface area contributed by atoms with Crippen LogP contribution in [0.4, 0.5) is 0 Å². The van der Waals surface area contributed by atoms with Crippen molar-refractivity contribution in [3.05, 3.63) is 29.8 Å². The molecule has 1 aromatic rings. The van der Waals surface area contributed by atoms with Gasteiger partial charge in [0.1, 0.15) is 0 Å². The Labute approximate surface area is 123 Å². The minimum atomic E-state index is -3.52. The highest BCUT2D eigenvalue weighted by atomic mass is 32.2. The lowest BCUT2D eigenvalue weighted by Gasteiger charge is -2.23. The van der Waals surface area contributed by atoms with Crippen LogP contribution >= 0.6 is 11.8 Å². The summed E-state index contributed by atoms with van der Waals surface area (Å²) in [5, 5.41) is 9.45. The third kappa shape index (κ3) is 4.46. The third-order valence-electron chi connectivity index (χ3n) is 2.91. The molecule has 1 heterocycles. The zero-order valence-corrected chi connectivity index (χ0v) is 12.9. The van der Waals surface area contributed by atoms with E-state index in [4.69, 9.17) is 4.74 Å². The SMILES string of the molecule is Cc1ccc(S(=O)(=O)NC2COCC(O)CSC2)cc1. The number of aliphatic hydroxyl groups is 1. The zero-order chi connectivity index (χ0) is 14.6. The Hall–Kier alpha value is -0.600. The number of thioether (sulfide) groups is 1. The van der Waals surface area contributed by atoms with Crippen molar-refractivity contribution in [2.24, 2.45) is 0 Å². The Balaban J connectivity index is 2.02. The lowest BCUT2D eigenvalue weighted by atomic mass is 10.2. The van der Waals surface area contributed by atoms with Crippen LogP contribution in [0.2, 0.25) is 0 Å². The molecule has 0 radical (unpaired) electrons. The highest BCUT2D eigenvalue weighted by Crippen LogP contribution is 2.14. The van der Waals surface area contributed by atoms with Gasteiger partial charge in [0, 0.05) is 11.5 Å². The number of aliphatic hydroxyl groups excluding tert-OH is 1. The van der Waals surface area contributed by atoms with E-state index in [9.17, 15) is 13.5 Å². The second-order valence-electron chi connectivity index (χ2n) is 4.86. The number of sulfonamides is 1. The maximum atomic E-state index is 12.2. The van der Waals surface area contributed by atoms with Crippen LogP contribution in [0.3, 0.4) is 0 Å². The fourth-order valence-electron chi connectivity index (χ4n) is 1.86. The predicted octanol–water partition coefficient (Wildman–Crippen LogP) is 0.766. The van der Waals surface area contributed by atoms with E-state index in [2.05, 4.69) is 4.72 Å². The predicted molar refractivity (Wildman–Crippen MR) is 79.4 cm³/mol. The highest BCUT2D eigenvalue weighted by molar-refractivity contribution is 7.99. The first kappa shape index (κ1) is 15.8. The van der Waals surface area contributed by atoms with Gasteiger partial charge in [0.05, 0.1) is 30.3 Å². The average Bonchev–Trinajstić information content (AvgIpc) is 2.36. The van der Waals surface area contributed by atoms with Gasteiger partial charge in [0.25, 0.3) is 0 Å². The number of hydrogen-bond donors (Lipinski definition) is 2. The van der Waals surface area contributed by atoms with Gasteiger partial charge < -0.3 is 9.84 Å². The molecule has 2 unspecified atom stereocenters. The van der Waals surface area contributed by atoms with Crippen molar-refractivity contribution < 1.29 is 18.3 Å². The molecule has 0 amide bonds. The van der Waals surface area contributed by atoms with Crippen LogP contribution in [0.5, 0.6) is 0 Å². The molecule has 20 heavy (non-hydrogen) atoms. The van der Waals surface area contributed by atoms with Crippen LogP contribution in [-0.2, 0) is 14.8 Å². The van der Waals surface area contributed by atoms with Gasteiger partial charge in [-0.2, -0.15) is 11.8 Å². The summed E-state index contributed by atoms with van der Waals surface area (Å²) in [6, 6.07) is 6.46. The molecule has 1 fully saturated rings. The molecule has 7 heteroatoms. The van der Waals surface area contributed by atoms with E-state index >= 15 is 0 Å². The monoisotopic (exact) mass is 317 g/mol. The number of nitrogens with one attached hydrogen (secondary N) is 1. The molecule has 0 aromatic heterocycles. The minimum Gasteiger partial charge on any atom is -0.390 e.